The van der Waals surface area contributed by atoms with Gasteiger partial charge in [-0.2, -0.15) is 0 Å². The number of nitro groups is 1. The van der Waals surface area contributed by atoms with E-state index in [9.17, 15) is 14.9 Å². The Kier molecular flexibility index (Phi) is 6.54. The zero-order valence-corrected chi connectivity index (χ0v) is 14.0. The van der Waals surface area contributed by atoms with Gasteiger partial charge in [0.25, 0.3) is 11.6 Å². The molecule has 7 heteroatoms. The molecule has 1 aliphatic heterocycles. The molecule has 0 aliphatic carbocycles. The van der Waals surface area contributed by atoms with Gasteiger partial charge in [0.15, 0.2) is 0 Å². The highest BCUT2D eigenvalue weighted by Gasteiger charge is 2.22. The molecule has 1 heterocycles. The van der Waals surface area contributed by atoms with E-state index in [1.165, 1.54) is 18.6 Å². The lowest BCUT2D eigenvalue weighted by atomic mass is 10.0. The maximum atomic E-state index is 12.6. The van der Waals surface area contributed by atoms with Crippen LogP contribution in [0, 0.1) is 16.0 Å². The lowest BCUT2D eigenvalue weighted by molar-refractivity contribution is -0.384. The number of amides is 1. The summed E-state index contributed by atoms with van der Waals surface area (Å²) in [6.45, 7) is 4.17. The Morgan fingerprint density at radius 1 is 1.38 bits per heavy atom. The Labute approximate surface area is 141 Å². The molecule has 1 atom stereocenters. The number of benzene rings is 1. The molecule has 1 unspecified atom stereocenters. The lowest BCUT2D eigenvalue weighted by Crippen LogP contribution is -2.34. The molecule has 24 heavy (non-hydrogen) atoms. The van der Waals surface area contributed by atoms with E-state index in [0.717, 1.165) is 31.6 Å². The van der Waals surface area contributed by atoms with Gasteiger partial charge in [0.05, 0.1) is 16.2 Å². The number of nitrogens with one attached hydrogen (secondary N) is 1. The number of hydrogen-bond donors (Lipinski definition) is 2. The van der Waals surface area contributed by atoms with Crippen LogP contribution in [0.2, 0.25) is 0 Å². The number of nitrogens with zero attached hydrogens (tertiary/aromatic N) is 2. The van der Waals surface area contributed by atoms with Gasteiger partial charge in [-0.05, 0) is 37.7 Å². The van der Waals surface area contributed by atoms with E-state index < -0.39 is 4.92 Å². The zero-order valence-electron chi connectivity index (χ0n) is 14.0. The first-order valence-corrected chi connectivity index (χ1v) is 8.45. The highest BCUT2D eigenvalue weighted by atomic mass is 16.6. The molecule has 7 nitrogen and oxygen atoms in total. The molecule has 132 valence electrons. The minimum Gasteiger partial charge on any atom is -0.396 e. The largest absolute Gasteiger partial charge is 0.396 e. The second kappa shape index (κ2) is 8.63. The molecule has 0 aromatic heterocycles. The van der Waals surface area contributed by atoms with E-state index in [0.29, 0.717) is 18.5 Å². The third-order valence-electron chi connectivity index (χ3n) is 4.37. The Morgan fingerprint density at radius 2 is 2.08 bits per heavy atom. The summed E-state index contributed by atoms with van der Waals surface area (Å²) >= 11 is 0. The van der Waals surface area contributed by atoms with Crippen LogP contribution < -0.4 is 10.2 Å². The molecule has 1 aromatic carbocycles. The van der Waals surface area contributed by atoms with E-state index >= 15 is 0 Å². The van der Waals surface area contributed by atoms with Crippen LogP contribution in [0.25, 0.3) is 0 Å². The van der Waals surface area contributed by atoms with Crippen molar-refractivity contribution in [2.75, 3.05) is 31.1 Å². The van der Waals surface area contributed by atoms with Crippen molar-refractivity contribution in [1.29, 1.82) is 0 Å². The van der Waals surface area contributed by atoms with Gasteiger partial charge in [-0.15, -0.1) is 0 Å². The molecular formula is C17H25N3O4. The molecule has 0 saturated carbocycles. The van der Waals surface area contributed by atoms with Crippen molar-refractivity contribution in [2.45, 2.75) is 32.6 Å². The van der Waals surface area contributed by atoms with Crippen molar-refractivity contribution in [1.82, 2.24) is 5.32 Å². The number of aliphatic hydroxyl groups is 1. The van der Waals surface area contributed by atoms with E-state index in [-0.39, 0.29) is 24.1 Å². The third kappa shape index (κ3) is 4.67. The normalized spacial score (nSPS) is 15.8. The fourth-order valence-corrected chi connectivity index (χ4v) is 2.91. The van der Waals surface area contributed by atoms with E-state index in [4.69, 9.17) is 5.11 Å². The average Bonchev–Trinajstić information content (AvgIpc) is 2.60. The van der Waals surface area contributed by atoms with Gasteiger partial charge < -0.3 is 15.3 Å². The summed E-state index contributed by atoms with van der Waals surface area (Å²) in [4.78, 5) is 25.3. The summed E-state index contributed by atoms with van der Waals surface area (Å²) in [6, 6.07) is 4.49. The summed E-state index contributed by atoms with van der Waals surface area (Å²) in [7, 11) is 0. The molecule has 1 aromatic rings. The van der Waals surface area contributed by atoms with Crippen LogP contribution in [0.1, 0.15) is 43.0 Å². The molecule has 1 fully saturated rings. The highest BCUT2D eigenvalue weighted by Crippen LogP contribution is 2.28. The first-order chi connectivity index (χ1) is 11.5. The van der Waals surface area contributed by atoms with Crippen LogP contribution in [0.5, 0.6) is 0 Å². The summed E-state index contributed by atoms with van der Waals surface area (Å²) in [5, 5.41) is 22.8. The van der Waals surface area contributed by atoms with Crippen molar-refractivity contribution in [3.63, 3.8) is 0 Å². The first-order valence-electron chi connectivity index (χ1n) is 8.45. The maximum Gasteiger partial charge on any atom is 0.270 e. The number of non-ortho nitro benzene ring substituents is 1. The van der Waals surface area contributed by atoms with Crippen molar-refractivity contribution in [3.8, 4) is 0 Å². The highest BCUT2D eigenvalue weighted by molar-refractivity contribution is 6.00. The number of carbonyl (C=O) groups is 1. The predicted octanol–water partition coefficient (Wildman–Crippen LogP) is 2.33. The Hall–Kier alpha value is -2.15. The number of piperidine rings is 1. The van der Waals surface area contributed by atoms with Crippen LogP contribution >= 0.6 is 0 Å². The number of hydrogen-bond acceptors (Lipinski definition) is 5. The average molecular weight is 335 g/mol. The number of carbonyl (C=O) groups excluding carboxylic acids is 1. The van der Waals surface area contributed by atoms with Gasteiger partial charge in [0, 0.05) is 38.4 Å². The first kappa shape index (κ1) is 18.2. The van der Waals surface area contributed by atoms with Gasteiger partial charge in [-0.1, -0.05) is 6.92 Å². The Balaban J connectivity index is 2.21. The molecular weight excluding hydrogens is 310 g/mol. The van der Waals surface area contributed by atoms with Crippen LogP contribution in [0.4, 0.5) is 11.4 Å². The summed E-state index contributed by atoms with van der Waals surface area (Å²) in [6.07, 6.45) is 3.90. The van der Waals surface area contributed by atoms with E-state index in [1.807, 2.05) is 6.92 Å². The van der Waals surface area contributed by atoms with Crippen molar-refractivity contribution < 1.29 is 14.8 Å². The molecule has 1 saturated heterocycles. The van der Waals surface area contributed by atoms with Crippen molar-refractivity contribution >= 4 is 17.3 Å². The fraction of sp³-hybridized carbons (Fsp3) is 0.588. The minimum atomic E-state index is -0.481. The van der Waals surface area contributed by atoms with Gasteiger partial charge in [-0.3, -0.25) is 14.9 Å². The number of nitro benzene ring substituents is 1. The quantitative estimate of drug-likeness (QED) is 0.589. The summed E-state index contributed by atoms with van der Waals surface area (Å²) in [5.41, 5.74) is 1.03. The SMILES string of the molecule is CC(CCO)CNC(=O)c1cc([N+](=O)[O-])ccc1N1CCCCC1. The van der Waals surface area contributed by atoms with Gasteiger partial charge in [-0.25, -0.2) is 0 Å². The number of rotatable bonds is 7. The van der Waals surface area contributed by atoms with Crippen LogP contribution in [-0.4, -0.2) is 42.2 Å². The van der Waals surface area contributed by atoms with Gasteiger partial charge in [0.2, 0.25) is 0 Å². The monoisotopic (exact) mass is 335 g/mol. The zero-order chi connectivity index (χ0) is 17.5. The number of anilines is 1. The van der Waals surface area contributed by atoms with E-state index in [2.05, 4.69) is 10.2 Å². The van der Waals surface area contributed by atoms with Crippen molar-refractivity contribution in [3.05, 3.63) is 33.9 Å². The standard InChI is InChI=1S/C17H25N3O4/c1-13(7-10-21)12-18-17(22)15-11-14(20(23)24)5-6-16(15)19-8-3-2-4-9-19/h5-6,11,13,21H,2-4,7-10,12H2,1H3,(H,18,22). The maximum absolute atomic E-state index is 12.6. The van der Waals surface area contributed by atoms with E-state index in [1.54, 1.807) is 6.07 Å². The molecule has 1 aliphatic rings. The number of aliphatic hydroxyl groups excluding tert-OH is 1. The summed E-state index contributed by atoms with van der Waals surface area (Å²) < 4.78 is 0. The molecule has 0 radical (unpaired) electrons. The smallest absolute Gasteiger partial charge is 0.270 e. The molecule has 1 amide bonds. The van der Waals surface area contributed by atoms with Crippen molar-refractivity contribution in [2.24, 2.45) is 5.92 Å². The Morgan fingerprint density at radius 3 is 2.71 bits per heavy atom. The van der Waals surface area contributed by atoms with Crippen LogP contribution in [0.15, 0.2) is 18.2 Å². The third-order valence-corrected chi connectivity index (χ3v) is 4.37. The van der Waals surface area contributed by atoms with Crippen LogP contribution in [-0.2, 0) is 0 Å². The van der Waals surface area contributed by atoms with Crippen LogP contribution in [0.3, 0.4) is 0 Å². The van der Waals surface area contributed by atoms with Gasteiger partial charge in [0.1, 0.15) is 0 Å². The second-order valence-electron chi connectivity index (χ2n) is 6.33. The summed E-state index contributed by atoms with van der Waals surface area (Å²) in [5.74, 6) is -0.153. The molecule has 2 rings (SSSR count). The minimum absolute atomic E-state index is 0.0763. The second-order valence-corrected chi connectivity index (χ2v) is 6.33. The predicted molar refractivity (Wildman–Crippen MR) is 92.4 cm³/mol. The topological polar surface area (TPSA) is 95.7 Å². The fourth-order valence-electron chi connectivity index (χ4n) is 2.91. The lowest BCUT2D eigenvalue weighted by Gasteiger charge is -2.30. The Bertz CT molecular complexity index is 585. The van der Waals surface area contributed by atoms with Gasteiger partial charge >= 0.3 is 0 Å². The molecule has 0 bridgehead atoms. The molecule has 0 spiro atoms. The molecule has 2 N–H and O–H groups in total.